The van der Waals surface area contributed by atoms with Gasteiger partial charge in [-0.1, -0.05) is 12.8 Å². The molecule has 0 spiro atoms. The second-order valence-corrected chi connectivity index (χ2v) is 5.58. The van der Waals surface area contributed by atoms with E-state index >= 15 is 0 Å². The molecule has 0 unspecified atom stereocenters. The molecule has 5 heteroatoms. The summed E-state index contributed by atoms with van der Waals surface area (Å²) in [6, 6.07) is 0. The highest BCUT2D eigenvalue weighted by molar-refractivity contribution is 7.13. The van der Waals surface area contributed by atoms with Crippen LogP contribution in [0.15, 0.2) is 6.20 Å². The highest BCUT2D eigenvalue weighted by Gasteiger charge is 2.35. The largest absolute Gasteiger partial charge is 0.394 e. The van der Waals surface area contributed by atoms with Crippen LogP contribution in [-0.4, -0.2) is 28.1 Å². The number of aryl methyl sites for hydroxylation is 1. The fourth-order valence-electron chi connectivity index (χ4n) is 2.14. The van der Waals surface area contributed by atoms with Gasteiger partial charge in [0.15, 0.2) is 0 Å². The zero-order valence-corrected chi connectivity index (χ0v) is 10.1. The molecule has 0 aromatic carbocycles. The van der Waals surface area contributed by atoms with E-state index in [1.165, 1.54) is 11.3 Å². The number of nitrogens with one attached hydrogen (secondary N) is 1. The third kappa shape index (κ3) is 2.25. The van der Waals surface area contributed by atoms with Crippen molar-refractivity contribution in [2.75, 3.05) is 6.61 Å². The molecule has 1 aromatic heterocycles. The lowest BCUT2D eigenvalue weighted by Crippen LogP contribution is -2.49. The van der Waals surface area contributed by atoms with Gasteiger partial charge in [-0.3, -0.25) is 4.79 Å². The number of rotatable bonds is 3. The van der Waals surface area contributed by atoms with Crippen molar-refractivity contribution in [1.29, 1.82) is 0 Å². The Balaban J connectivity index is 2.06. The molecule has 2 rings (SSSR count). The Morgan fingerprint density at radius 3 is 2.81 bits per heavy atom. The molecular formula is C11H16N2O2S. The summed E-state index contributed by atoms with van der Waals surface area (Å²) in [6.07, 6.45) is 5.47. The van der Waals surface area contributed by atoms with Gasteiger partial charge in [0.1, 0.15) is 4.88 Å². The Morgan fingerprint density at radius 1 is 1.62 bits per heavy atom. The molecule has 0 saturated heterocycles. The molecule has 0 radical (unpaired) electrons. The summed E-state index contributed by atoms with van der Waals surface area (Å²) < 4.78 is 0. The lowest BCUT2D eigenvalue weighted by molar-refractivity contribution is 0.0842. The molecule has 1 aliphatic rings. The molecule has 1 aliphatic carbocycles. The molecule has 1 heterocycles. The number of carbonyl (C=O) groups excluding carboxylic acids is 1. The maximum atomic E-state index is 11.9. The Morgan fingerprint density at radius 2 is 2.31 bits per heavy atom. The fourth-order valence-corrected chi connectivity index (χ4v) is 2.82. The smallest absolute Gasteiger partial charge is 0.263 e. The number of carbonyl (C=O) groups is 1. The molecule has 0 aliphatic heterocycles. The van der Waals surface area contributed by atoms with Gasteiger partial charge >= 0.3 is 0 Å². The number of aliphatic hydroxyl groups is 1. The van der Waals surface area contributed by atoms with Gasteiger partial charge in [0.05, 0.1) is 23.4 Å². The van der Waals surface area contributed by atoms with Crippen molar-refractivity contribution < 1.29 is 9.90 Å². The molecule has 1 fully saturated rings. The maximum Gasteiger partial charge on any atom is 0.263 e. The van der Waals surface area contributed by atoms with Gasteiger partial charge in [-0.2, -0.15) is 0 Å². The number of hydrogen-bond acceptors (Lipinski definition) is 4. The average molecular weight is 240 g/mol. The van der Waals surface area contributed by atoms with E-state index in [1.54, 1.807) is 6.20 Å². The van der Waals surface area contributed by atoms with E-state index in [1.807, 2.05) is 6.92 Å². The van der Waals surface area contributed by atoms with Crippen LogP contribution >= 0.6 is 11.3 Å². The molecule has 16 heavy (non-hydrogen) atoms. The third-order valence-electron chi connectivity index (χ3n) is 3.09. The van der Waals surface area contributed by atoms with Crippen molar-refractivity contribution in [3.05, 3.63) is 16.1 Å². The summed E-state index contributed by atoms with van der Waals surface area (Å²) in [7, 11) is 0. The van der Waals surface area contributed by atoms with Gasteiger partial charge in [-0.25, -0.2) is 4.98 Å². The molecule has 1 saturated carbocycles. The number of hydrogen-bond donors (Lipinski definition) is 2. The standard InChI is InChI=1S/C11H16N2O2S/c1-8-12-6-9(16-8)10(15)13-11(7-14)4-2-3-5-11/h6,14H,2-5,7H2,1H3,(H,13,15). The first-order valence-electron chi connectivity index (χ1n) is 5.51. The number of aliphatic hydroxyl groups excluding tert-OH is 1. The van der Waals surface area contributed by atoms with Gasteiger partial charge < -0.3 is 10.4 Å². The molecule has 0 atom stereocenters. The Labute approximate surface area is 98.7 Å². The van der Waals surface area contributed by atoms with Crippen LogP contribution in [0.2, 0.25) is 0 Å². The number of aromatic nitrogens is 1. The number of nitrogens with zero attached hydrogens (tertiary/aromatic N) is 1. The Kier molecular flexibility index (Phi) is 3.25. The SMILES string of the molecule is Cc1ncc(C(=O)NC2(CO)CCCC2)s1. The van der Waals surface area contributed by atoms with Crippen LogP contribution in [0.1, 0.15) is 40.4 Å². The van der Waals surface area contributed by atoms with Crippen LogP contribution in [0.5, 0.6) is 0 Å². The topological polar surface area (TPSA) is 62.2 Å². The van der Waals surface area contributed by atoms with E-state index < -0.39 is 5.54 Å². The highest BCUT2D eigenvalue weighted by atomic mass is 32.1. The lowest BCUT2D eigenvalue weighted by Gasteiger charge is -2.27. The quantitative estimate of drug-likeness (QED) is 0.841. The van der Waals surface area contributed by atoms with E-state index in [0.717, 1.165) is 30.7 Å². The molecule has 1 aromatic rings. The second-order valence-electron chi connectivity index (χ2n) is 4.34. The monoisotopic (exact) mass is 240 g/mol. The zero-order chi connectivity index (χ0) is 11.6. The average Bonchev–Trinajstić information content (AvgIpc) is 2.88. The minimum Gasteiger partial charge on any atom is -0.394 e. The van der Waals surface area contributed by atoms with Crippen LogP contribution in [0.4, 0.5) is 0 Å². The zero-order valence-electron chi connectivity index (χ0n) is 9.32. The van der Waals surface area contributed by atoms with Crippen molar-refractivity contribution in [2.24, 2.45) is 0 Å². The van der Waals surface area contributed by atoms with Gasteiger partial charge in [0.25, 0.3) is 5.91 Å². The minimum absolute atomic E-state index is 0.0243. The fraction of sp³-hybridized carbons (Fsp3) is 0.636. The number of thiazole rings is 1. The Bertz CT molecular complexity index is 383. The first-order valence-corrected chi connectivity index (χ1v) is 6.33. The molecular weight excluding hydrogens is 224 g/mol. The van der Waals surface area contributed by atoms with Crippen LogP contribution in [0, 0.1) is 6.92 Å². The minimum atomic E-state index is -0.394. The third-order valence-corrected chi connectivity index (χ3v) is 4.00. The van der Waals surface area contributed by atoms with E-state index in [9.17, 15) is 9.90 Å². The van der Waals surface area contributed by atoms with Crippen LogP contribution < -0.4 is 5.32 Å². The van der Waals surface area contributed by atoms with Crippen molar-refractivity contribution in [1.82, 2.24) is 10.3 Å². The van der Waals surface area contributed by atoms with Crippen molar-refractivity contribution in [2.45, 2.75) is 38.1 Å². The van der Waals surface area contributed by atoms with Gasteiger partial charge in [-0.15, -0.1) is 11.3 Å². The lowest BCUT2D eigenvalue weighted by atomic mass is 9.99. The van der Waals surface area contributed by atoms with Crippen molar-refractivity contribution >= 4 is 17.2 Å². The molecule has 2 N–H and O–H groups in total. The summed E-state index contributed by atoms with van der Waals surface area (Å²) in [5, 5.41) is 13.2. The van der Waals surface area contributed by atoms with E-state index in [-0.39, 0.29) is 12.5 Å². The van der Waals surface area contributed by atoms with Gasteiger partial charge in [0.2, 0.25) is 0 Å². The highest BCUT2D eigenvalue weighted by Crippen LogP contribution is 2.29. The number of amides is 1. The van der Waals surface area contributed by atoms with Gasteiger partial charge in [0, 0.05) is 0 Å². The summed E-state index contributed by atoms with van der Waals surface area (Å²) in [6.45, 7) is 1.90. The van der Waals surface area contributed by atoms with Crippen LogP contribution in [0.3, 0.4) is 0 Å². The van der Waals surface area contributed by atoms with E-state index in [4.69, 9.17) is 0 Å². The predicted octanol–water partition coefficient (Wildman–Crippen LogP) is 1.49. The van der Waals surface area contributed by atoms with Crippen LogP contribution in [0.25, 0.3) is 0 Å². The molecule has 1 amide bonds. The predicted molar refractivity (Wildman–Crippen MR) is 62.6 cm³/mol. The van der Waals surface area contributed by atoms with Gasteiger partial charge in [-0.05, 0) is 19.8 Å². The van der Waals surface area contributed by atoms with Crippen LogP contribution in [-0.2, 0) is 0 Å². The van der Waals surface area contributed by atoms with E-state index in [2.05, 4.69) is 10.3 Å². The first-order chi connectivity index (χ1) is 7.65. The molecule has 4 nitrogen and oxygen atoms in total. The Hall–Kier alpha value is -0.940. The first kappa shape index (κ1) is 11.5. The summed E-state index contributed by atoms with van der Waals surface area (Å²) >= 11 is 1.38. The maximum absolute atomic E-state index is 11.9. The molecule has 0 bridgehead atoms. The normalized spacial score (nSPS) is 18.6. The van der Waals surface area contributed by atoms with E-state index in [0.29, 0.717) is 4.88 Å². The summed E-state index contributed by atoms with van der Waals surface area (Å²) in [5.41, 5.74) is -0.394. The van der Waals surface area contributed by atoms with Crippen molar-refractivity contribution in [3.8, 4) is 0 Å². The summed E-state index contributed by atoms with van der Waals surface area (Å²) in [5.74, 6) is -0.110. The second kappa shape index (κ2) is 4.51. The summed E-state index contributed by atoms with van der Waals surface area (Å²) in [4.78, 5) is 16.6. The van der Waals surface area contributed by atoms with Crippen molar-refractivity contribution in [3.63, 3.8) is 0 Å². The molecule has 88 valence electrons.